The highest BCUT2D eigenvalue weighted by Crippen LogP contribution is 2.07. The second kappa shape index (κ2) is 6.52. The average molecular weight is 262 g/mol. The molecule has 0 aliphatic heterocycles. The Morgan fingerprint density at radius 3 is 3.00 bits per heavy atom. The minimum atomic E-state index is 0.475. The van der Waals surface area contributed by atoms with E-state index >= 15 is 0 Å². The van der Waals surface area contributed by atoms with Crippen molar-refractivity contribution in [1.82, 2.24) is 20.0 Å². The quantitative estimate of drug-likeness (QED) is 0.832. The first-order chi connectivity index (χ1) is 9.19. The minimum Gasteiger partial charge on any atom is -0.341 e. The Bertz CT molecular complexity index is 501. The molecule has 0 aliphatic rings. The summed E-state index contributed by atoms with van der Waals surface area (Å²) in [6.45, 7) is 7.88. The SMILES string of the molecule is CCCc1noc(Cn2cccc2CNC(C)C)n1. The Kier molecular flexibility index (Phi) is 4.74. The van der Waals surface area contributed by atoms with Gasteiger partial charge in [-0.25, -0.2) is 0 Å². The maximum atomic E-state index is 5.27. The summed E-state index contributed by atoms with van der Waals surface area (Å²) in [5, 5.41) is 7.39. The standard InChI is InChI=1S/C14H22N4O/c1-4-6-13-16-14(19-17-13)10-18-8-5-7-12(18)9-15-11(2)3/h5,7-8,11,15H,4,6,9-10H2,1-3H3. The zero-order chi connectivity index (χ0) is 13.7. The molecule has 1 N–H and O–H groups in total. The molecule has 2 aromatic heterocycles. The molecular formula is C14H22N4O. The van der Waals surface area contributed by atoms with Crippen LogP contribution in [0.4, 0.5) is 0 Å². The third-order valence-electron chi connectivity index (χ3n) is 2.90. The van der Waals surface area contributed by atoms with Crippen LogP contribution in [-0.2, 0) is 19.5 Å². The van der Waals surface area contributed by atoms with Crippen LogP contribution in [-0.4, -0.2) is 20.7 Å². The van der Waals surface area contributed by atoms with Crippen molar-refractivity contribution < 1.29 is 4.52 Å². The Morgan fingerprint density at radius 2 is 2.26 bits per heavy atom. The fourth-order valence-electron chi connectivity index (χ4n) is 1.90. The van der Waals surface area contributed by atoms with E-state index in [9.17, 15) is 0 Å². The second-order valence-electron chi connectivity index (χ2n) is 5.02. The second-order valence-corrected chi connectivity index (χ2v) is 5.02. The number of hydrogen-bond acceptors (Lipinski definition) is 4. The van der Waals surface area contributed by atoms with E-state index in [1.165, 1.54) is 5.69 Å². The normalized spacial score (nSPS) is 11.4. The van der Waals surface area contributed by atoms with Gasteiger partial charge in [-0.05, 0) is 18.6 Å². The third kappa shape index (κ3) is 3.92. The third-order valence-corrected chi connectivity index (χ3v) is 2.90. The van der Waals surface area contributed by atoms with E-state index in [1.54, 1.807) is 0 Å². The van der Waals surface area contributed by atoms with Gasteiger partial charge in [0.05, 0.1) is 0 Å². The molecule has 2 rings (SSSR count). The van der Waals surface area contributed by atoms with Crippen molar-refractivity contribution in [3.8, 4) is 0 Å². The van der Waals surface area contributed by atoms with Gasteiger partial charge in [0.25, 0.3) is 0 Å². The zero-order valence-electron chi connectivity index (χ0n) is 11.9. The highest BCUT2D eigenvalue weighted by Gasteiger charge is 2.08. The van der Waals surface area contributed by atoms with Crippen LogP contribution in [0.15, 0.2) is 22.9 Å². The summed E-state index contributed by atoms with van der Waals surface area (Å²) < 4.78 is 7.41. The number of hydrogen-bond donors (Lipinski definition) is 1. The van der Waals surface area contributed by atoms with Crippen LogP contribution in [0.3, 0.4) is 0 Å². The molecule has 0 saturated heterocycles. The molecule has 0 atom stereocenters. The summed E-state index contributed by atoms with van der Waals surface area (Å²) in [5.41, 5.74) is 1.23. The summed E-state index contributed by atoms with van der Waals surface area (Å²) in [4.78, 5) is 4.39. The van der Waals surface area contributed by atoms with E-state index in [4.69, 9.17) is 4.52 Å². The Balaban J connectivity index is 1.99. The number of aryl methyl sites for hydroxylation is 1. The number of nitrogens with one attached hydrogen (secondary N) is 1. The van der Waals surface area contributed by atoms with Crippen molar-refractivity contribution in [3.63, 3.8) is 0 Å². The maximum Gasteiger partial charge on any atom is 0.246 e. The maximum absolute atomic E-state index is 5.27. The van der Waals surface area contributed by atoms with Gasteiger partial charge in [0.15, 0.2) is 5.82 Å². The first-order valence-electron chi connectivity index (χ1n) is 6.88. The van der Waals surface area contributed by atoms with Crippen molar-refractivity contribution in [2.75, 3.05) is 0 Å². The highest BCUT2D eigenvalue weighted by molar-refractivity contribution is 5.08. The Hall–Kier alpha value is -1.62. The molecule has 2 heterocycles. The van der Waals surface area contributed by atoms with Crippen LogP contribution < -0.4 is 5.32 Å². The van der Waals surface area contributed by atoms with Gasteiger partial charge in [-0.15, -0.1) is 0 Å². The molecule has 19 heavy (non-hydrogen) atoms. The summed E-state index contributed by atoms with van der Waals surface area (Å²) >= 11 is 0. The predicted octanol–water partition coefficient (Wildman–Crippen LogP) is 2.37. The molecule has 0 amide bonds. The minimum absolute atomic E-state index is 0.475. The molecule has 0 aromatic carbocycles. The zero-order valence-corrected chi connectivity index (χ0v) is 11.9. The monoisotopic (exact) mass is 262 g/mol. The molecule has 0 fully saturated rings. The lowest BCUT2D eigenvalue weighted by Crippen LogP contribution is -2.23. The van der Waals surface area contributed by atoms with Gasteiger partial charge >= 0.3 is 0 Å². The molecule has 0 unspecified atom stereocenters. The lowest BCUT2D eigenvalue weighted by atomic mass is 10.3. The molecule has 104 valence electrons. The average Bonchev–Trinajstić information content (AvgIpc) is 2.97. The first kappa shape index (κ1) is 13.8. The van der Waals surface area contributed by atoms with Gasteiger partial charge in [0, 0.05) is 30.9 Å². The van der Waals surface area contributed by atoms with E-state index < -0.39 is 0 Å². The van der Waals surface area contributed by atoms with Crippen LogP contribution in [0.2, 0.25) is 0 Å². The lowest BCUT2D eigenvalue weighted by molar-refractivity contribution is 0.364. The van der Waals surface area contributed by atoms with Crippen molar-refractivity contribution in [3.05, 3.63) is 35.7 Å². The molecule has 0 spiro atoms. The van der Waals surface area contributed by atoms with Crippen LogP contribution in [0.1, 0.15) is 44.6 Å². The van der Waals surface area contributed by atoms with Crippen molar-refractivity contribution in [1.29, 1.82) is 0 Å². The van der Waals surface area contributed by atoms with Crippen LogP contribution >= 0.6 is 0 Å². The fourth-order valence-corrected chi connectivity index (χ4v) is 1.90. The largest absolute Gasteiger partial charge is 0.341 e. The van der Waals surface area contributed by atoms with Crippen molar-refractivity contribution in [2.45, 2.75) is 52.7 Å². The fraction of sp³-hybridized carbons (Fsp3) is 0.571. The molecule has 0 saturated carbocycles. The lowest BCUT2D eigenvalue weighted by Gasteiger charge is -2.10. The summed E-state index contributed by atoms with van der Waals surface area (Å²) in [6.07, 6.45) is 3.95. The molecule has 2 aromatic rings. The number of nitrogens with zero attached hydrogens (tertiary/aromatic N) is 3. The molecule has 0 aliphatic carbocycles. The van der Waals surface area contributed by atoms with Gasteiger partial charge in [-0.1, -0.05) is 25.9 Å². The van der Waals surface area contributed by atoms with Crippen molar-refractivity contribution in [2.24, 2.45) is 0 Å². The van der Waals surface area contributed by atoms with Gasteiger partial charge in [-0.3, -0.25) is 0 Å². The molecule has 5 heteroatoms. The van der Waals surface area contributed by atoms with Crippen LogP contribution in [0.25, 0.3) is 0 Å². The molecular weight excluding hydrogens is 240 g/mol. The van der Waals surface area contributed by atoms with E-state index in [0.717, 1.165) is 25.2 Å². The Labute approximate surface area is 114 Å². The molecule has 5 nitrogen and oxygen atoms in total. The van der Waals surface area contributed by atoms with E-state index in [-0.39, 0.29) is 0 Å². The molecule has 0 bridgehead atoms. The smallest absolute Gasteiger partial charge is 0.246 e. The number of aromatic nitrogens is 3. The van der Waals surface area contributed by atoms with Gasteiger partial charge in [0.2, 0.25) is 5.89 Å². The summed E-state index contributed by atoms with van der Waals surface area (Å²) in [6, 6.07) is 4.63. The summed E-state index contributed by atoms with van der Waals surface area (Å²) in [7, 11) is 0. The molecule has 0 radical (unpaired) electrons. The summed E-state index contributed by atoms with van der Waals surface area (Å²) in [5.74, 6) is 1.47. The first-order valence-corrected chi connectivity index (χ1v) is 6.88. The predicted molar refractivity (Wildman–Crippen MR) is 73.8 cm³/mol. The van der Waals surface area contributed by atoms with Gasteiger partial charge in [-0.2, -0.15) is 4.98 Å². The van der Waals surface area contributed by atoms with E-state index in [1.807, 2.05) is 12.3 Å². The van der Waals surface area contributed by atoms with Gasteiger partial charge in [0.1, 0.15) is 6.54 Å². The topological polar surface area (TPSA) is 55.9 Å². The van der Waals surface area contributed by atoms with Crippen LogP contribution in [0.5, 0.6) is 0 Å². The van der Waals surface area contributed by atoms with Crippen LogP contribution in [0, 0.1) is 0 Å². The van der Waals surface area contributed by atoms with Gasteiger partial charge < -0.3 is 14.4 Å². The number of rotatable bonds is 7. The van der Waals surface area contributed by atoms with E-state index in [2.05, 4.69) is 46.9 Å². The Morgan fingerprint density at radius 1 is 1.42 bits per heavy atom. The van der Waals surface area contributed by atoms with E-state index in [0.29, 0.717) is 18.5 Å². The highest BCUT2D eigenvalue weighted by atomic mass is 16.5. The van der Waals surface area contributed by atoms with Crippen molar-refractivity contribution >= 4 is 0 Å².